The van der Waals surface area contributed by atoms with Crippen LogP contribution in [0.4, 0.5) is 0 Å². The molecule has 0 saturated carbocycles. The molecule has 0 aliphatic rings. The normalized spacial score (nSPS) is 12.0. The summed E-state index contributed by atoms with van der Waals surface area (Å²) in [5.41, 5.74) is 0. The monoisotopic (exact) mass is 306 g/mol. The second kappa shape index (κ2) is 12.4. The van der Waals surface area contributed by atoms with Gasteiger partial charge in [-0.3, -0.25) is 0 Å². The Labute approximate surface area is 137 Å². The predicted octanol–water partition coefficient (Wildman–Crippen LogP) is 3.31. The molecule has 0 saturated heterocycles. The summed E-state index contributed by atoms with van der Waals surface area (Å²) < 4.78 is 3.28. The zero-order valence-corrected chi connectivity index (χ0v) is 17.6. The van der Waals surface area contributed by atoms with Crippen molar-refractivity contribution in [1.82, 2.24) is 0 Å². The zero-order chi connectivity index (χ0) is 17.7. The zero-order valence-electron chi connectivity index (χ0n) is 17.6. The summed E-state index contributed by atoms with van der Waals surface area (Å²) in [7, 11) is 19.4. The second-order valence-electron chi connectivity index (χ2n) is 9.16. The van der Waals surface area contributed by atoms with Crippen LogP contribution in [0.15, 0.2) is 0 Å². The minimum Gasteiger partial charge on any atom is -0.333 e. The summed E-state index contributed by atoms with van der Waals surface area (Å²) in [6.45, 7) is 10.9. The summed E-state index contributed by atoms with van der Waals surface area (Å²) in [6, 6.07) is 0. The van der Waals surface area contributed by atoms with E-state index < -0.39 is 0 Å². The number of rotatable bonds is 6. The maximum absolute atomic E-state index is 2.39. The third-order valence-corrected chi connectivity index (χ3v) is 2.29. The van der Waals surface area contributed by atoms with Crippen molar-refractivity contribution < 1.29 is 13.4 Å². The van der Waals surface area contributed by atoms with Crippen molar-refractivity contribution in [3.05, 3.63) is 0 Å². The van der Waals surface area contributed by atoms with E-state index in [0.29, 0.717) is 0 Å². The van der Waals surface area contributed by atoms with Crippen molar-refractivity contribution in [2.75, 3.05) is 83.1 Å². The molecule has 0 radical (unpaired) electrons. The molecule has 0 aromatic carbocycles. The average Bonchev–Trinajstić information content (AvgIpc) is 2.12. The van der Waals surface area contributed by atoms with Gasteiger partial charge in [0.2, 0.25) is 0 Å². The minimum atomic E-state index is 1.00. The molecule has 0 aliphatic heterocycles. The molecule has 3 nitrogen and oxygen atoms in total. The van der Waals surface area contributed by atoms with Crippen molar-refractivity contribution in [2.45, 2.75) is 40.0 Å². The van der Waals surface area contributed by atoms with E-state index in [1.165, 1.54) is 43.4 Å². The lowest BCUT2D eigenvalue weighted by molar-refractivity contribution is -0.909. The molecule has 0 N–H and O–H groups in total. The Morgan fingerprint density at radius 1 is 0.429 bits per heavy atom. The predicted molar refractivity (Wildman–Crippen MR) is 99.6 cm³/mol. The van der Waals surface area contributed by atoms with Gasteiger partial charge in [0.15, 0.2) is 0 Å². The molecule has 0 aromatic heterocycles. The quantitative estimate of drug-likeness (QED) is 0.661. The highest BCUT2D eigenvalue weighted by Gasteiger charge is 2.16. The Kier molecular flexibility index (Phi) is 15.3. The summed E-state index contributed by atoms with van der Waals surface area (Å²) in [5.74, 6) is 0. The first-order valence-electron chi connectivity index (χ1n) is 8.59. The minimum absolute atomic E-state index is 1.00. The van der Waals surface area contributed by atoms with E-state index in [0.717, 1.165) is 8.97 Å². The van der Waals surface area contributed by atoms with Gasteiger partial charge in [0.05, 0.1) is 83.1 Å². The summed E-state index contributed by atoms with van der Waals surface area (Å²) in [5, 5.41) is 0. The van der Waals surface area contributed by atoms with Crippen molar-refractivity contribution >= 4 is 0 Å². The van der Waals surface area contributed by atoms with Crippen LogP contribution in [-0.4, -0.2) is 96.5 Å². The smallest absolute Gasteiger partial charge is 0.0781 e. The fraction of sp³-hybridized carbons (Fsp3) is 1.00. The van der Waals surface area contributed by atoms with Crippen LogP contribution in [0, 0.1) is 0 Å². The first-order valence-corrected chi connectivity index (χ1v) is 8.59. The summed E-state index contributed by atoms with van der Waals surface area (Å²) in [6.07, 6.45) is 3.95. The average molecular weight is 307 g/mol. The van der Waals surface area contributed by atoms with E-state index in [1.807, 2.05) is 0 Å². The lowest BCUT2D eigenvalue weighted by Crippen LogP contribution is -2.45. The van der Waals surface area contributed by atoms with E-state index in [2.05, 4.69) is 84.2 Å². The molecule has 0 aromatic rings. The van der Waals surface area contributed by atoms with Crippen molar-refractivity contribution in [1.29, 1.82) is 0 Å². The maximum atomic E-state index is 2.39. The molecule has 0 aliphatic carbocycles. The Morgan fingerprint density at radius 3 is 0.667 bits per heavy atom. The SMILES string of the molecule is CCC[N+](C)(CCC)CCC.C[N+](C)(C)C.C[N+](C)(C)C. The van der Waals surface area contributed by atoms with Gasteiger partial charge in [0.1, 0.15) is 0 Å². The van der Waals surface area contributed by atoms with Gasteiger partial charge in [-0.2, -0.15) is 0 Å². The maximum Gasteiger partial charge on any atom is 0.0781 e. The molecule has 0 bridgehead atoms. The first-order chi connectivity index (χ1) is 9.18. The van der Waals surface area contributed by atoms with E-state index in [9.17, 15) is 0 Å². The van der Waals surface area contributed by atoms with Crippen molar-refractivity contribution in [2.24, 2.45) is 0 Å². The highest BCUT2D eigenvalue weighted by molar-refractivity contribution is 4.37. The highest BCUT2D eigenvalue weighted by atomic mass is 15.3. The van der Waals surface area contributed by atoms with Gasteiger partial charge < -0.3 is 13.4 Å². The second-order valence-corrected chi connectivity index (χ2v) is 9.16. The third-order valence-electron chi connectivity index (χ3n) is 2.29. The number of hydrogen-bond acceptors (Lipinski definition) is 0. The number of hydrogen-bond donors (Lipinski definition) is 0. The van der Waals surface area contributed by atoms with Crippen LogP contribution in [0.25, 0.3) is 0 Å². The molecule has 132 valence electrons. The van der Waals surface area contributed by atoms with E-state index in [1.54, 1.807) is 0 Å². The molecule has 21 heavy (non-hydrogen) atoms. The van der Waals surface area contributed by atoms with Crippen LogP contribution < -0.4 is 0 Å². The molecule has 0 rings (SSSR count). The van der Waals surface area contributed by atoms with Gasteiger partial charge in [0.25, 0.3) is 0 Å². The van der Waals surface area contributed by atoms with Crippen LogP contribution >= 0.6 is 0 Å². The molecular weight excluding hydrogens is 258 g/mol. The van der Waals surface area contributed by atoms with Gasteiger partial charge in [-0.25, -0.2) is 0 Å². The lowest BCUT2D eigenvalue weighted by Gasteiger charge is -2.33. The van der Waals surface area contributed by atoms with E-state index in [4.69, 9.17) is 0 Å². The van der Waals surface area contributed by atoms with Crippen LogP contribution in [0.5, 0.6) is 0 Å². The standard InChI is InChI=1S/C10H24N.2C4H12N/c1-5-8-11(4,9-6-2)10-7-3;2*1-5(2,3)4/h5-10H2,1-4H3;2*1-4H3/q3*+1. The molecule has 0 heterocycles. The topological polar surface area (TPSA) is 0 Å². The van der Waals surface area contributed by atoms with Crippen LogP contribution in [0.3, 0.4) is 0 Å². The Morgan fingerprint density at radius 2 is 0.571 bits per heavy atom. The Bertz CT molecular complexity index is 170. The van der Waals surface area contributed by atoms with Crippen molar-refractivity contribution in [3.8, 4) is 0 Å². The lowest BCUT2D eigenvalue weighted by atomic mass is 10.2. The molecule has 0 atom stereocenters. The van der Waals surface area contributed by atoms with Gasteiger partial charge in [-0.05, 0) is 19.3 Å². The van der Waals surface area contributed by atoms with Crippen LogP contribution in [-0.2, 0) is 0 Å². The molecule has 3 heteroatoms. The summed E-state index contributed by atoms with van der Waals surface area (Å²) >= 11 is 0. The molecule has 0 unspecified atom stereocenters. The van der Waals surface area contributed by atoms with Crippen LogP contribution in [0.1, 0.15) is 40.0 Å². The van der Waals surface area contributed by atoms with Crippen molar-refractivity contribution in [3.63, 3.8) is 0 Å². The first kappa shape index (κ1) is 25.8. The van der Waals surface area contributed by atoms with E-state index >= 15 is 0 Å². The number of nitrogens with zero attached hydrogens (tertiary/aromatic N) is 3. The largest absolute Gasteiger partial charge is 0.333 e. The highest BCUT2D eigenvalue weighted by Crippen LogP contribution is 2.06. The molecule has 0 fully saturated rings. The van der Waals surface area contributed by atoms with E-state index in [-0.39, 0.29) is 0 Å². The van der Waals surface area contributed by atoms with Gasteiger partial charge in [-0.1, -0.05) is 20.8 Å². The van der Waals surface area contributed by atoms with Gasteiger partial charge in [-0.15, -0.1) is 0 Å². The molecule has 0 spiro atoms. The molecular formula is C18H48N3+3. The fourth-order valence-corrected chi connectivity index (χ4v) is 1.95. The Hall–Kier alpha value is -0.120. The van der Waals surface area contributed by atoms with Gasteiger partial charge >= 0.3 is 0 Å². The fourth-order valence-electron chi connectivity index (χ4n) is 1.95. The van der Waals surface area contributed by atoms with Gasteiger partial charge in [0, 0.05) is 0 Å². The third kappa shape index (κ3) is 45.0. The molecule has 0 amide bonds. The van der Waals surface area contributed by atoms with Crippen LogP contribution in [0.2, 0.25) is 0 Å². The Balaban J connectivity index is -0.000000270. The number of quaternary nitrogens is 3. The summed E-state index contributed by atoms with van der Waals surface area (Å²) in [4.78, 5) is 0.